The fourth-order valence-electron chi connectivity index (χ4n) is 2.08. The van der Waals surface area contributed by atoms with Crippen LogP contribution >= 0.6 is 15.9 Å². The SMILES string of the molecule is CCC(CC)N(CCBr)C(=O)c1cccc(C)n1. The Morgan fingerprint density at radius 3 is 2.56 bits per heavy atom. The number of carbonyl (C=O) groups excluding carboxylic acids is 1. The normalized spacial score (nSPS) is 10.7. The van der Waals surface area contributed by atoms with Crippen molar-refractivity contribution in [2.45, 2.75) is 39.7 Å². The van der Waals surface area contributed by atoms with E-state index in [1.807, 2.05) is 24.0 Å². The Hall–Kier alpha value is -0.900. The molecule has 0 aliphatic carbocycles. The molecule has 0 saturated carbocycles. The van der Waals surface area contributed by atoms with E-state index in [0.717, 1.165) is 30.4 Å². The minimum absolute atomic E-state index is 0.0341. The first-order chi connectivity index (χ1) is 8.63. The van der Waals surface area contributed by atoms with Gasteiger partial charge in [0.05, 0.1) is 0 Å². The van der Waals surface area contributed by atoms with Crippen molar-refractivity contribution in [2.75, 3.05) is 11.9 Å². The first-order valence-corrected chi connectivity index (χ1v) is 7.56. The van der Waals surface area contributed by atoms with Crippen LogP contribution in [0.2, 0.25) is 0 Å². The minimum Gasteiger partial charge on any atom is -0.334 e. The molecule has 0 N–H and O–H groups in total. The molecule has 0 bridgehead atoms. The van der Waals surface area contributed by atoms with E-state index in [-0.39, 0.29) is 11.9 Å². The predicted molar refractivity (Wildman–Crippen MR) is 78.2 cm³/mol. The second kappa shape index (κ2) is 7.52. The standard InChI is InChI=1S/C14H21BrN2O/c1-4-12(5-2)17(10-9-15)14(18)13-8-6-7-11(3)16-13/h6-8,12H,4-5,9-10H2,1-3H3. The van der Waals surface area contributed by atoms with Crippen molar-refractivity contribution in [1.29, 1.82) is 0 Å². The zero-order valence-electron chi connectivity index (χ0n) is 11.3. The van der Waals surface area contributed by atoms with E-state index in [0.29, 0.717) is 5.69 Å². The molecular weight excluding hydrogens is 292 g/mol. The molecule has 1 aromatic rings. The molecule has 18 heavy (non-hydrogen) atoms. The highest BCUT2D eigenvalue weighted by atomic mass is 79.9. The van der Waals surface area contributed by atoms with Crippen LogP contribution in [0.5, 0.6) is 0 Å². The van der Waals surface area contributed by atoms with Crippen LogP contribution in [0.15, 0.2) is 18.2 Å². The summed E-state index contributed by atoms with van der Waals surface area (Å²) in [5.74, 6) is 0.0341. The van der Waals surface area contributed by atoms with Gasteiger partial charge in [0.2, 0.25) is 0 Å². The van der Waals surface area contributed by atoms with Gasteiger partial charge in [-0.05, 0) is 31.9 Å². The third-order valence-electron chi connectivity index (χ3n) is 3.08. The van der Waals surface area contributed by atoms with Gasteiger partial charge in [-0.3, -0.25) is 4.79 Å². The van der Waals surface area contributed by atoms with E-state index in [9.17, 15) is 4.79 Å². The van der Waals surface area contributed by atoms with Gasteiger partial charge in [-0.1, -0.05) is 35.8 Å². The van der Waals surface area contributed by atoms with Gasteiger partial charge in [0, 0.05) is 23.6 Å². The zero-order chi connectivity index (χ0) is 13.5. The van der Waals surface area contributed by atoms with Crippen LogP contribution in [0.25, 0.3) is 0 Å². The van der Waals surface area contributed by atoms with Crippen molar-refractivity contribution in [3.63, 3.8) is 0 Å². The predicted octanol–water partition coefficient (Wildman–Crippen LogP) is 3.42. The van der Waals surface area contributed by atoms with E-state index in [1.54, 1.807) is 6.07 Å². The summed E-state index contributed by atoms with van der Waals surface area (Å²) < 4.78 is 0. The Morgan fingerprint density at radius 2 is 2.06 bits per heavy atom. The molecular formula is C14H21BrN2O. The van der Waals surface area contributed by atoms with Gasteiger partial charge < -0.3 is 4.90 Å². The number of aryl methyl sites for hydroxylation is 1. The molecule has 0 spiro atoms. The van der Waals surface area contributed by atoms with Crippen molar-refractivity contribution in [3.05, 3.63) is 29.6 Å². The summed E-state index contributed by atoms with van der Waals surface area (Å²) >= 11 is 3.42. The quantitative estimate of drug-likeness (QED) is 0.754. The van der Waals surface area contributed by atoms with Gasteiger partial charge in [-0.15, -0.1) is 0 Å². The van der Waals surface area contributed by atoms with Gasteiger partial charge in [0.15, 0.2) is 0 Å². The van der Waals surface area contributed by atoms with Crippen molar-refractivity contribution < 1.29 is 4.79 Å². The summed E-state index contributed by atoms with van der Waals surface area (Å²) in [4.78, 5) is 18.7. The Labute approximate surface area is 118 Å². The number of carbonyl (C=O) groups is 1. The Balaban J connectivity index is 2.95. The molecule has 100 valence electrons. The van der Waals surface area contributed by atoms with E-state index in [4.69, 9.17) is 0 Å². The summed E-state index contributed by atoms with van der Waals surface area (Å²) in [7, 11) is 0. The molecule has 4 heteroatoms. The first-order valence-electron chi connectivity index (χ1n) is 6.44. The molecule has 3 nitrogen and oxygen atoms in total. The first kappa shape index (κ1) is 15.2. The van der Waals surface area contributed by atoms with Crippen molar-refractivity contribution in [1.82, 2.24) is 9.88 Å². The lowest BCUT2D eigenvalue weighted by molar-refractivity contribution is 0.0676. The van der Waals surface area contributed by atoms with Crippen molar-refractivity contribution >= 4 is 21.8 Å². The number of rotatable bonds is 6. The third kappa shape index (κ3) is 3.80. The van der Waals surface area contributed by atoms with E-state index < -0.39 is 0 Å². The molecule has 0 aliphatic rings. The highest BCUT2D eigenvalue weighted by molar-refractivity contribution is 9.09. The van der Waals surface area contributed by atoms with Gasteiger partial charge in [0.1, 0.15) is 5.69 Å². The molecule has 1 heterocycles. The van der Waals surface area contributed by atoms with Crippen LogP contribution in [0.3, 0.4) is 0 Å². The number of pyridine rings is 1. The maximum Gasteiger partial charge on any atom is 0.272 e. The van der Waals surface area contributed by atoms with Crippen LogP contribution in [0.1, 0.15) is 42.9 Å². The maximum absolute atomic E-state index is 12.5. The largest absolute Gasteiger partial charge is 0.334 e. The number of halogens is 1. The maximum atomic E-state index is 12.5. The lowest BCUT2D eigenvalue weighted by Gasteiger charge is -2.29. The molecule has 1 amide bonds. The topological polar surface area (TPSA) is 33.2 Å². The lowest BCUT2D eigenvalue weighted by Crippen LogP contribution is -2.41. The van der Waals surface area contributed by atoms with E-state index in [1.165, 1.54) is 0 Å². The number of amides is 1. The van der Waals surface area contributed by atoms with E-state index in [2.05, 4.69) is 34.8 Å². The average Bonchev–Trinajstić information content (AvgIpc) is 2.38. The van der Waals surface area contributed by atoms with Crippen molar-refractivity contribution in [3.8, 4) is 0 Å². The second-order valence-corrected chi connectivity index (χ2v) is 5.12. The van der Waals surface area contributed by atoms with Gasteiger partial charge >= 0.3 is 0 Å². The number of aromatic nitrogens is 1. The zero-order valence-corrected chi connectivity index (χ0v) is 12.9. The minimum atomic E-state index is 0.0341. The Bertz CT molecular complexity index is 391. The lowest BCUT2D eigenvalue weighted by atomic mass is 10.1. The fourth-order valence-corrected chi connectivity index (χ4v) is 2.46. The fraction of sp³-hybridized carbons (Fsp3) is 0.571. The molecule has 0 aliphatic heterocycles. The Morgan fingerprint density at radius 1 is 1.39 bits per heavy atom. The summed E-state index contributed by atoms with van der Waals surface area (Å²) in [6.45, 7) is 6.86. The smallest absolute Gasteiger partial charge is 0.272 e. The van der Waals surface area contributed by atoms with Crippen LogP contribution in [-0.4, -0.2) is 33.7 Å². The molecule has 0 unspecified atom stereocenters. The van der Waals surface area contributed by atoms with Crippen LogP contribution < -0.4 is 0 Å². The molecule has 0 atom stereocenters. The van der Waals surface area contributed by atoms with E-state index >= 15 is 0 Å². The van der Waals surface area contributed by atoms with Crippen LogP contribution in [0.4, 0.5) is 0 Å². The number of alkyl halides is 1. The van der Waals surface area contributed by atoms with Crippen LogP contribution in [-0.2, 0) is 0 Å². The molecule has 0 aromatic carbocycles. The summed E-state index contributed by atoms with van der Waals surface area (Å²) in [5, 5.41) is 0.793. The molecule has 0 saturated heterocycles. The number of hydrogen-bond acceptors (Lipinski definition) is 2. The molecule has 0 radical (unpaired) electrons. The monoisotopic (exact) mass is 312 g/mol. The number of nitrogens with zero attached hydrogens (tertiary/aromatic N) is 2. The van der Waals surface area contributed by atoms with Gasteiger partial charge in [0.25, 0.3) is 5.91 Å². The average molecular weight is 313 g/mol. The van der Waals surface area contributed by atoms with Crippen molar-refractivity contribution in [2.24, 2.45) is 0 Å². The second-order valence-electron chi connectivity index (χ2n) is 4.32. The van der Waals surface area contributed by atoms with Gasteiger partial charge in [-0.2, -0.15) is 0 Å². The highest BCUT2D eigenvalue weighted by Crippen LogP contribution is 2.13. The third-order valence-corrected chi connectivity index (χ3v) is 3.43. The number of hydrogen-bond donors (Lipinski definition) is 0. The summed E-state index contributed by atoms with van der Waals surface area (Å²) in [6, 6.07) is 5.87. The van der Waals surface area contributed by atoms with Gasteiger partial charge in [-0.25, -0.2) is 4.98 Å². The summed E-state index contributed by atoms with van der Waals surface area (Å²) in [5.41, 5.74) is 1.42. The highest BCUT2D eigenvalue weighted by Gasteiger charge is 2.22. The molecule has 1 aromatic heterocycles. The van der Waals surface area contributed by atoms with Crippen LogP contribution in [0, 0.1) is 6.92 Å². The Kier molecular flexibility index (Phi) is 6.33. The summed E-state index contributed by atoms with van der Waals surface area (Å²) in [6.07, 6.45) is 1.95. The molecule has 0 fully saturated rings. The molecule has 1 rings (SSSR count).